The van der Waals surface area contributed by atoms with Crippen molar-refractivity contribution in [3.8, 4) is 0 Å². The van der Waals surface area contributed by atoms with Crippen molar-refractivity contribution in [2.45, 2.75) is 71.9 Å². The lowest BCUT2D eigenvalue weighted by Gasteiger charge is -2.35. The molecule has 1 rings (SSSR count). The fourth-order valence-corrected chi connectivity index (χ4v) is 2.77. The lowest BCUT2D eigenvalue weighted by Crippen LogP contribution is -2.44. The Labute approximate surface area is 108 Å². The molecule has 0 radical (unpaired) electrons. The number of hydrogen-bond donors (Lipinski definition) is 1. The summed E-state index contributed by atoms with van der Waals surface area (Å²) in [5.41, 5.74) is 0.650. The molecule has 17 heavy (non-hydrogen) atoms. The van der Waals surface area contributed by atoms with Crippen molar-refractivity contribution >= 4 is 0 Å². The molecule has 0 aromatic rings. The second kappa shape index (κ2) is 5.71. The average Bonchev–Trinajstić information content (AvgIpc) is 2.62. The summed E-state index contributed by atoms with van der Waals surface area (Å²) in [4.78, 5) is 2.69. The van der Waals surface area contributed by atoms with Gasteiger partial charge < -0.3 is 5.32 Å². The summed E-state index contributed by atoms with van der Waals surface area (Å²) in [6, 6.07) is 0. The summed E-state index contributed by atoms with van der Waals surface area (Å²) < 4.78 is 0. The molecule has 0 saturated carbocycles. The van der Waals surface area contributed by atoms with Gasteiger partial charge >= 0.3 is 0 Å². The van der Waals surface area contributed by atoms with Crippen LogP contribution in [0.3, 0.4) is 0 Å². The molecule has 0 spiro atoms. The van der Waals surface area contributed by atoms with Crippen LogP contribution in [0.4, 0.5) is 0 Å². The van der Waals surface area contributed by atoms with Gasteiger partial charge in [0, 0.05) is 17.6 Å². The molecule has 1 aliphatic heterocycles. The average molecular weight is 240 g/mol. The lowest BCUT2D eigenvalue weighted by molar-refractivity contribution is 0.136. The molecule has 0 bridgehead atoms. The standard InChI is InChI=1S/C15H32N2/c1-7-9-15(5,6)17-10-8-13(12-17)11-16-14(2,3)4/h13,16H,7-12H2,1-6H3. The zero-order valence-corrected chi connectivity index (χ0v) is 12.8. The van der Waals surface area contributed by atoms with Gasteiger partial charge in [-0.3, -0.25) is 4.90 Å². The molecule has 2 heteroatoms. The first-order valence-electron chi connectivity index (χ1n) is 7.25. The minimum absolute atomic E-state index is 0.256. The van der Waals surface area contributed by atoms with Crippen LogP contribution < -0.4 is 5.32 Å². The van der Waals surface area contributed by atoms with E-state index in [1.807, 2.05) is 0 Å². The summed E-state index contributed by atoms with van der Waals surface area (Å²) in [6.07, 6.45) is 3.96. The van der Waals surface area contributed by atoms with Gasteiger partial charge in [-0.05, 0) is 66.5 Å². The van der Waals surface area contributed by atoms with Gasteiger partial charge in [0.15, 0.2) is 0 Å². The number of nitrogens with zero attached hydrogens (tertiary/aromatic N) is 1. The smallest absolute Gasteiger partial charge is 0.0153 e. The van der Waals surface area contributed by atoms with Gasteiger partial charge in [0.2, 0.25) is 0 Å². The maximum Gasteiger partial charge on any atom is 0.0153 e. The fourth-order valence-electron chi connectivity index (χ4n) is 2.77. The van der Waals surface area contributed by atoms with Crippen LogP contribution in [0.15, 0.2) is 0 Å². The minimum atomic E-state index is 0.256. The van der Waals surface area contributed by atoms with Crippen LogP contribution in [-0.4, -0.2) is 35.6 Å². The van der Waals surface area contributed by atoms with Crippen molar-refractivity contribution in [2.24, 2.45) is 5.92 Å². The zero-order chi connectivity index (χ0) is 13.1. The van der Waals surface area contributed by atoms with E-state index in [2.05, 4.69) is 51.8 Å². The third kappa shape index (κ3) is 4.97. The largest absolute Gasteiger partial charge is 0.312 e. The van der Waals surface area contributed by atoms with Crippen molar-refractivity contribution < 1.29 is 0 Å². The van der Waals surface area contributed by atoms with Crippen LogP contribution >= 0.6 is 0 Å². The first-order chi connectivity index (χ1) is 7.74. The Morgan fingerprint density at radius 3 is 2.35 bits per heavy atom. The third-order valence-corrected chi connectivity index (χ3v) is 3.92. The summed E-state index contributed by atoms with van der Waals surface area (Å²) >= 11 is 0. The van der Waals surface area contributed by atoms with Gasteiger partial charge in [-0.2, -0.15) is 0 Å². The Kier molecular flexibility index (Phi) is 5.03. The van der Waals surface area contributed by atoms with Gasteiger partial charge in [-0.1, -0.05) is 13.3 Å². The molecular formula is C15H32N2. The fraction of sp³-hybridized carbons (Fsp3) is 1.00. The summed E-state index contributed by atoms with van der Waals surface area (Å²) in [7, 11) is 0. The van der Waals surface area contributed by atoms with Crippen LogP contribution in [0.25, 0.3) is 0 Å². The third-order valence-electron chi connectivity index (χ3n) is 3.92. The van der Waals surface area contributed by atoms with Gasteiger partial charge in [-0.25, -0.2) is 0 Å². The van der Waals surface area contributed by atoms with Crippen molar-refractivity contribution in [1.82, 2.24) is 10.2 Å². The van der Waals surface area contributed by atoms with Crippen molar-refractivity contribution in [2.75, 3.05) is 19.6 Å². The summed E-state index contributed by atoms with van der Waals surface area (Å²) in [5, 5.41) is 3.64. The highest BCUT2D eigenvalue weighted by Gasteiger charge is 2.32. The predicted octanol–water partition coefficient (Wildman–Crippen LogP) is 3.28. The molecular weight excluding hydrogens is 208 g/mol. The molecule has 0 aromatic carbocycles. The Morgan fingerprint density at radius 2 is 1.82 bits per heavy atom. The predicted molar refractivity (Wildman–Crippen MR) is 76.4 cm³/mol. The Bertz CT molecular complexity index is 228. The van der Waals surface area contributed by atoms with Crippen LogP contribution in [0, 0.1) is 5.92 Å². The molecule has 1 fully saturated rings. The van der Waals surface area contributed by atoms with Crippen LogP contribution in [0.2, 0.25) is 0 Å². The zero-order valence-electron chi connectivity index (χ0n) is 12.8. The Hall–Kier alpha value is -0.0800. The van der Waals surface area contributed by atoms with Gasteiger partial charge in [0.1, 0.15) is 0 Å². The summed E-state index contributed by atoms with van der Waals surface area (Å²) in [6.45, 7) is 17.6. The molecule has 1 heterocycles. The van der Waals surface area contributed by atoms with E-state index in [0.717, 1.165) is 5.92 Å². The molecule has 0 aliphatic carbocycles. The van der Waals surface area contributed by atoms with E-state index in [-0.39, 0.29) is 5.54 Å². The monoisotopic (exact) mass is 240 g/mol. The van der Waals surface area contributed by atoms with Crippen molar-refractivity contribution in [1.29, 1.82) is 0 Å². The molecule has 2 nitrogen and oxygen atoms in total. The quantitative estimate of drug-likeness (QED) is 0.793. The highest BCUT2D eigenvalue weighted by Crippen LogP contribution is 2.28. The maximum atomic E-state index is 3.64. The van der Waals surface area contributed by atoms with E-state index in [1.165, 1.54) is 38.9 Å². The highest BCUT2D eigenvalue weighted by atomic mass is 15.2. The number of hydrogen-bond acceptors (Lipinski definition) is 2. The van der Waals surface area contributed by atoms with Gasteiger partial charge in [0.25, 0.3) is 0 Å². The van der Waals surface area contributed by atoms with E-state index in [4.69, 9.17) is 0 Å². The van der Waals surface area contributed by atoms with Crippen LogP contribution in [0.1, 0.15) is 60.8 Å². The maximum absolute atomic E-state index is 3.64. The summed E-state index contributed by atoms with van der Waals surface area (Å²) in [5.74, 6) is 0.838. The molecule has 1 atom stereocenters. The van der Waals surface area contributed by atoms with Crippen molar-refractivity contribution in [3.63, 3.8) is 0 Å². The molecule has 1 aliphatic rings. The van der Waals surface area contributed by atoms with Crippen LogP contribution in [-0.2, 0) is 0 Å². The molecule has 1 saturated heterocycles. The van der Waals surface area contributed by atoms with E-state index >= 15 is 0 Å². The SMILES string of the molecule is CCCC(C)(C)N1CCC(CNC(C)(C)C)C1. The van der Waals surface area contributed by atoms with E-state index in [1.54, 1.807) is 0 Å². The molecule has 102 valence electrons. The molecule has 0 amide bonds. The van der Waals surface area contributed by atoms with Gasteiger partial charge in [0.05, 0.1) is 0 Å². The normalized spacial score (nSPS) is 23.3. The van der Waals surface area contributed by atoms with E-state index < -0.39 is 0 Å². The first-order valence-corrected chi connectivity index (χ1v) is 7.25. The number of likely N-dealkylation sites (tertiary alicyclic amines) is 1. The number of nitrogens with one attached hydrogen (secondary N) is 1. The van der Waals surface area contributed by atoms with Crippen LogP contribution in [0.5, 0.6) is 0 Å². The first kappa shape index (κ1) is 15.0. The van der Waals surface area contributed by atoms with E-state index in [9.17, 15) is 0 Å². The molecule has 1 N–H and O–H groups in total. The second-order valence-corrected chi connectivity index (χ2v) is 7.29. The Morgan fingerprint density at radius 1 is 1.18 bits per heavy atom. The van der Waals surface area contributed by atoms with Gasteiger partial charge in [-0.15, -0.1) is 0 Å². The lowest BCUT2D eigenvalue weighted by atomic mass is 9.97. The van der Waals surface area contributed by atoms with E-state index in [0.29, 0.717) is 5.54 Å². The molecule has 0 aromatic heterocycles. The highest BCUT2D eigenvalue weighted by molar-refractivity contribution is 4.89. The van der Waals surface area contributed by atoms with Crippen molar-refractivity contribution in [3.05, 3.63) is 0 Å². The minimum Gasteiger partial charge on any atom is -0.312 e. The number of rotatable bonds is 5. The molecule has 1 unspecified atom stereocenters. The second-order valence-electron chi connectivity index (χ2n) is 7.29. The topological polar surface area (TPSA) is 15.3 Å². The Balaban J connectivity index is 2.37.